The summed E-state index contributed by atoms with van der Waals surface area (Å²) in [5.74, 6) is 0.468. The number of H-pyrrole nitrogens is 1. The van der Waals surface area contributed by atoms with Crippen molar-refractivity contribution in [1.82, 2.24) is 15.3 Å². The number of aromatic amines is 1. The van der Waals surface area contributed by atoms with Gasteiger partial charge in [-0.3, -0.25) is 9.59 Å². The molecule has 2 atom stereocenters. The van der Waals surface area contributed by atoms with Crippen LogP contribution in [-0.2, 0) is 14.6 Å². The van der Waals surface area contributed by atoms with Crippen LogP contribution in [0.5, 0.6) is 17.2 Å². The first-order chi connectivity index (χ1) is 16.4. The zero-order valence-electron chi connectivity index (χ0n) is 19.7. The fourth-order valence-electron chi connectivity index (χ4n) is 2.96. The molecule has 1 aromatic carbocycles. The van der Waals surface area contributed by atoms with E-state index in [1.54, 1.807) is 44.2 Å². The van der Waals surface area contributed by atoms with Crippen molar-refractivity contribution in [2.24, 2.45) is 0 Å². The van der Waals surface area contributed by atoms with Crippen molar-refractivity contribution in [3.05, 3.63) is 54.4 Å². The van der Waals surface area contributed by atoms with Gasteiger partial charge < -0.3 is 24.9 Å². The van der Waals surface area contributed by atoms with Crippen molar-refractivity contribution in [3.63, 3.8) is 0 Å². The minimum atomic E-state index is -3.45. The summed E-state index contributed by atoms with van der Waals surface area (Å²) < 4.78 is 34.9. The van der Waals surface area contributed by atoms with E-state index in [9.17, 15) is 23.1 Å². The lowest BCUT2D eigenvalue weighted by Crippen LogP contribution is -2.30. The molecule has 0 aliphatic heterocycles. The van der Waals surface area contributed by atoms with Crippen LogP contribution >= 0.6 is 0 Å². The quantitative estimate of drug-likeness (QED) is 0.384. The van der Waals surface area contributed by atoms with Gasteiger partial charge in [0.05, 0.1) is 12.3 Å². The lowest BCUT2D eigenvalue weighted by atomic mass is 10.1. The number of hydrogen-bond acceptors (Lipinski definition) is 8. The van der Waals surface area contributed by atoms with Crippen LogP contribution in [0.25, 0.3) is 11.3 Å². The molecule has 1 amide bonds. The molecule has 0 fully saturated rings. The molecule has 35 heavy (non-hydrogen) atoms. The summed E-state index contributed by atoms with van der Waals surface area (Å²) in [6.07, 6.45) is 0.987. The zero-order valence-corrected chi connectivity index (χ0v) is 20.5. The molecule has 2 heterocycles. The van der Waals surface area contributed by atoms with Crippen molar-refractivity contribution in [2.75, 3.05) is 12.8 Å². The molecule has 0 saturated carbocycles. The Balaban J connectivity index is 1.92. The Labute approximate surface area is 203 Å². The third-order valence-electron chi connectivity index (χ3n) is 4.89. The third-order valence-corrected chi connectivity index (χ3v) is 5.89. The molecule has 1 unspecified atom stereocenters. The second-order valence-electron chi connectivity index (χ2n) is 8.11. The molecule has 3 N–H and O–H groups in total. The van der Waals surface area contributed by atoms with Gasteiger partial charge in [-0.05, 0) is 57.2 Å². The Morgan fingerprint density at radius 3 is 2.40 bits per heavy atom. The average Bonchev–Trinajstić information content (AvgIpc) is 3.27. The molecule has 0 aliphatic rings. The van der Waals surface area contributed by atoms with Gasteiger partial charge in [-0.2, -0.15) is 0 Å². The second-order valence-corrected chi connectivity index (χ2v) is 10.1. The van der Waals surface area contributed by atoms with Gasteiger partial charge in [0.15, 0.2) is 26.8 Å². The summed E-state index contributed by atoms with van der Waals surface area (Å²) >= 11 is 0. The van der Waals surface area contributed by atoms with E-state index in [1.165, 1.54) is 25.3 Å². The Morgan fingerprint density at radius 1 is 1.09 bits per heavy atom. The van der Waals surface area contributed by atoms with Crippen LogP contribution in [0.2, 0.25) is 0 Å². The van der Waals surface area contributed by atoms with E-state index in [4.69, 9.17) is 9.47 Å². The van der Waals surface area contributed by atoms with E-state index in [-0.39, 0.29) is 23.3 Å². The molecule has 11 heteroatoms. The van der Waals surface area contributed by atoms with Crippen molar-refractivity contribution in [2.45, 2.75) is 38.0 Å². The van der Waals surface area contributed by atoms with Gasteiger partial charge in [-0.25, -0.2) is 13.4 Å². The second kappa shape index (κ2) is 10.7. The fraction of sp³-hybridized carbons (Fsp3) is 0.292. The number of aliphatic hydroxyl groups is 1. The summed E-state index contributed by atoms with van der Waals surface area (Å²) in [5, 5.41) is 11.9. The number of hydrogen-bond donors (Lipinski definition) is 3. The van der Waals surface area contributed by atoms with Crippen LogP contribution in [0.15, 0.2) is 53.7 Å². The first-order valence-corrected chi connectivity index (χ1v) is 12.6. The lowest BCUT2D eigenvalue weighted by Gasteiger charge is -2.15. The molecular weight excluding hydrogens is 474 g/mol. The highest BCUT2D eigenvalue weighted by Gasteiger charge is 2.15. The van der Waals surface area contributed by atoms with E-state index in [1.807, 2.05) is 0 Å². The van der Waals surface area contributed by atoms with Gasteiger partial charge in [0.1, 0.15) is 22.9 Å². The van der Waals surface area contributed by atoms with Gasteiger partial charge in [-0.1, -0.05) is 0 Å². The first kappa shape index (κ1) is 25.9. The number of ketones is 1. The number of nitrogens with one attached hydrogen (secondary N) is 2. The first-order valence-electron chi connectivity index (χ1n) is 10.7. The molecule has 0 bridgehead atoms. The summed E-state index contributed by atoms with van der Waals surface area (Å²) in [4.78, 5) is 30.9. The van der Waals surface area contributed by atoms with Crippen LogP contribution in [0, 0.1) is 0 Å². The van der Waals surface area contributed by atoms with Crippen LogP contribution in [-0.4, -0.2) is 60.2 Å². The van der Waals surface area contributed by atoms with Crippen LogP contribution in [0.3, 0.4) is 0 Å². The van der Waals surface area contributed by atoms with E-state index in [0.717, 1.165) is 6.26 Å². The molecule has 0 aliphatic carbocycles. The number of carbonyl (C=O) groups excluding carboxylic acids is 2. The Morgan fingerprint density at radius 2 is 1.80 bits per heavy atom. The van der Waals surface area contributed by atoms with Crippen molar-refractivity contribution in [1.29, 1.82) is 0 Å². The Bertz CT molecular complexity index is 1320. The van der Waals surface area contributed by atoms with Crippen LogP contribution in [0.4, 0.5) is 0 Å². The highest BCUT2D eigenvalue weighted by Crippen LogP contribution is 2.33. The largest absolute Gasteiger partial charge is 0.483 e. The highest BCUT2D eigenvalue weighted by molar-refractivity contribution is 7.90. The number of ether oxygens (including phenoxy) is 2. The van der Waals surface area contributed by atoms with Gasteiger partial charge in [0.2, 0.25) is 0 Å². The topological polar surface area (TPSA) is 148 Å². The predicted molar refractivity (Wildman–Crippen MR) is 128 cm³/mol. The number of sulfone groups is 1. The molecule has 2 aromatic heterocycles. The van der Waals surface area contributed by atoms with E-state index in [2.05, 4.69) is 15.3 Å². The van der Waals surface area contributed by atoms with Gasteiger partial charge >= 0.3 is 0 Å². The van der Waals surface area contributed by atoms with Gasteiger partial charge in [-0.15, -0.1) is 0 Å². The number of aliphatic hydroxyl groups excluding tert-OH is 1. The van der Waals surface area contributed by atoms with Gasteiger partial charge in [0, 0.05) is 30.1 Å². The van der Waals surface area contributed by atoms with Crippen molar-refractivity contribution >= 4 is 21.5 Å². The monoisotopic (exact) mass is 501 g/mol. The number of aromatic nitrogens is 2. The highest BCUT2D eigenvalue weighted by atomic mass is 32.2. The normalized spacial score (nSPS) is 13.1. The van der Waals surface area contributed by atoms with E-state index >= 15 is 0 Å². The SMILES string of the molecule is CC(=O)C(C)Oc1cc(Oc2ccc(S(C)(=O)=O)nc2)cc(-c2ccc(C(=O)NC[C@@H](C)O)[nH]2)c1. The maximum atomic E-state index is 12.3. The Hall–Kier alpha value is -3.70. The number of amides is 1. The van der Waals surface area contributed by atoms with E-state index in [0.29, 0.717) is 34.2 Å². The smallest absolute Gasteiger partial charge is 0.267 e. The molecule has 3 aromatic rings. The summed E-state index contributed by atoms with van der Waals surface area (Å²) in [6, 6.07) is 11.1. The summed E-state index contributed by atoms with van der Waals surface area (Å²) in [5.41, 5.74) is 1.50. The molecule has 10 nitrogen and oxygen atoms in total. The standard InChI is InChI=1S/C24H27N3O7S/c1-14(28)12-26-24(30)22-7-6-21(27-22)17-9-19(33-16(3)15(2)29)11-20(10-17)34-18-5-8-23(25-13-18)35(4,31)32/h5-11,13-14,16,27-28H,12H2,1-4H3,(H,26,30)/t14-,16?/m1/s1. The third kappa shape index (κ3) is 7.14. The minimum Gasteiger partial charge on any atom is -0.483 e. The number of pyridine rings is 1. The maximum absolute atomic E-state index is 12.3. The number of nitrogens with zero attached hydrogens (tertiary/aromatic N) is 1. The molecule has 0 spiro atoms. The lowest BCUT2D eigenvalue weighted by molar-refractivity contribution is -0.122. The molecule has 0 saturated heterocycles. The minimum absolute atomic E-state index is 0.0781. The zero-order chi connectivity index (χ0) is 25.8. The van der Waals surface area contributed by atoms with Crippen molar-refractivity contribution in [3.8, 4) is 28.5 Å². The van der Waals surface area contributed by atoms with Crippen molar-refractivity contribution < 1.29 is 32.6 Å². The summed E-state index contributed by atoms with van der Waals surface area (Å²) in [6.45, 7) is 4.73. The van der Waals surface area contributed by atoms with E-state index < -0.39 is 22.0 Å². The average molecular weight is 502 g/mol. The summed E-state index contributed by atoms with van der Waals surface area (Å²) in [7, 11) is -3.45. The number of carbonyl (C=O) groups is 2. The number of rotatable bonds is 10. The van der Waals surface area contributed by atoms with Crippen LogP contribution < -0.4 is 14.8 Å². The molecule has 0 radical (unpaired) electrons. The fourth-order valence-corrected chi connectivity index (χ4v) is 3.51. The maximum Gasteiger partial charge on any atom is 0.267 e. The number of Topliss-reactive ketones (excluding diaryl/α,β-unsaturated/α-hetero) is 1. The van der Waals surface area contributed by atoms with Gasteiger partial charge in [0.25, 0.3) is 5.91 Å². The molecular formula is C24H27N3O7S. The van der Waals surface area contributed by atoms with Crippen LogP contribution in [0.1, 0.15) is 31.3 Å². The predicted octanol–water partition coefficient (Wildman–Crippen LogP) is 2.74. The number of benzene rings is 1. The molecule has 186 valence electrons. The Kier molecular flexibility index (Phi) is 7.92. The molecule has 3 rings (SSSR count).